The molecule has 0 radical (unpaired) electrons. The molecule has 2 aromatic rings. The summed E-state index contributed by atoms with van der Waals surface area (Å²) < 4.78 is 0. The lowest BCUT2D eigenvalue weighted by molar-refractivity contribution is 0.0947. The molecule has 0 atom stereocenters. The molecule has 144 valence electrons. The van der Waals surface area contributed by atoms with Crippen molar-refractivity contribution in [2.24, 2.45) is 0 Å². The van der Waals surface area contributed by atoms with Gasteiger partial charge in [-0.1, -0.05) is 31.9 Å². The second-order valence-corrected chi connectivity index (χ2v) is 7.04. The van der Waals surface area contributed by atoms with Crippen LogP contribution in [0.25, 0.3) is 0 Å². The summed E-state index contributed by atoms with van der Waals surface area (Å²) in [4.78, 5) is 25.5. The van der Waals surface area contributed by atoms with Gasteiger partial charge in [0.15, 0.2) is 0 Å². The fourth-order valence-corrected chi connectivity index (χ4v) is 3.29. The summed E-state index contributed by atoms with van der Waals surface area (Å²) >= 11 is 0. The Morgan fingerprint density at radius 1 is 1.07 bits per heavy atom. The van der Waals surface area contributed by atoms with Crippen LogP contribution in [0.4, 0.5) is 11.5 Å². The monoisotopic (exact) mass is 367 g/mol. The zero-order valence-electron chi connectivity index (χ0n) is 16.3. The predicted molar refractivity (Wildman–Crippen MR) is 109 cm³/mol. The van der Waals surface area contributed by atoms with Crippen molar-refractivity contribution in [3.63, 3.8) is 0 Å². The summed E-state index contributed by atoms with van der Waals surface area (Å²) in [6.45, 7) is 8.65. The van der Waals surface area contributed by atoms with Crippen molar-refractivity contribution in [1.82, 2.24) is 15.3 Å². The van der Waals surface area contributed by atoms with Crippen LogP contribution in [0.2, 0.25) is 0 Å². The Bertz CT molecular complexity index is 738. The summed E-state index contributed by atoms with van der Waals surface area (Å²) in [5.74, 6) is 0.691. The maximum absolute atomic E-state index is 12.1. The molecule has 3 rings (SSSR count). The molecule has 27 heavy (non-hydrogen) atoms. The first kappa shape index (κ1) is 19.1. The number of piperazine rings is 1. The van der Waals surface area contributed by atoms with E-state index in [0.29, 0.717) is 12.2 Å². The number of unbranched alkanes of at least 4 members (excludes halogenated alkanes) is 2. The molecule has 0 bridgehead atoms. The highest BCUT2D eigenvalue weighted by Gasteiger charge is 2.19. The van der Waals surface area contributed by atoms with Gasteiger partial charge >= 0.3 is 0 Å². The fourth-order valence-electron chi connectivity index (χ4n) is 3.29. The van der Waals surface area contributed by atoms with Gasteiger partial charge in [-0.25, -0.2) is 9.97 Å². The van der Waals surface area contributed by atoms with Crippen LogP contribution in [-0.4, -0.2) is 48.6 Å². The molecular formula is C21H29N5O. The van der Waals surface area contributed by atoms with Crippen molar-refractivity contribution < 1.29 is 4.79 Å². The number of carbonyl (C=O) groups excluding carboxylic acids is 1. The molecule has 1 amide bonds. The zero-order valence-corrected chi connectivity index (χ0v) is 16.3. The predicted octanol–water partition coefficient (Wildman–Crippen LogP) is 3.03. The van der Waals surface area contributed by atoms with Crippen LogP contribution in [-0.2, 0) is 0 Å². The van der Waals surface area contributed by atoms with Crippen LogP contribution in [0, 0.1) is 6.92 Å². The molecule has 1 aliphatic heterocycles. The number of aromatic nitrogens is 2. The first-order valence-electron chi connectivity index (χ1n) is 9.84. The van der Waals surface area contributed by atoms with Crippen LogP contribution in [0.15, 0.2) is 36.7 Å². The largest absolute Gasteiger partial charge is 0.368 e. The first-order chi connectivity index (χ1) is 13.2. The number of nitrogens with one attached hydrogen (secondary N) is 1. The number of benzene rings is 1. The van der Waals surface area contributed by atoms with E-state index in [2.05, 4.69) is 63.2 Å². The summed E-state index contributed by atoms with van der Waals surface area (Å²) in [5, 5.41) is 2.90. The minimum absolute atomic E-state index is 0.144. The van der Waals surface area contributed by atoms with Gasteiger partial charge in [0.05, 0.1) is 12.4 Å². The van der Waals surface area contributed by atoms with E-state index in [9.17, 15) is 4.79 Å². The quantitative estimate of drug-likeness (QED) is 0.762. The Morgan fingerprint density at radius 3 is 2.52 bits per heavy atom. The lowest BCUT2D eigenvalue weighted by Crippen LogP contribution is -2.46. The normalized spacial score (nSPS) is 14.3. The van der Waals surface area contributed by atoms with Gasteiger partial charge in [0, 0.05) is 38.4 Å². The van der Waals surface area contributed by atoms with E-state index in [4.69, 9.17) is 0 Å². The Balaban J connectivity index is 1.52. The average Bonchev–Trinajstić information content (AvgIpc) is 2.71. The van der Waals surface area contributed by atoms with Gasteiger partial charge in [-0.2, -0.15) is 0 Å². The number of hydrogen-bond acceptors (Lipinski definition) is 5. The summed E-state index contributed by atoms with van der Waals surface area (Å²) in [6.07, 6.45) is 6.56. The SMILES string of the molecule is CCCCCNC(=O)c1cnc(N2CCN(c3cccc(C)c3)CC2)cn1. The number of amides is 1. The number of nitrogens with zero attached hydrogens (tertiary/aromatic N) is 4. The molecule has 1 fully saturated rings. The Labute approximate surface area is 161 Å². The minimum atomic E-state index is -0.144. The smallest absolute Gasteiger partial charge is 0.271 e. The molecule has 0 unspecified atom stereocenters. The van der Waals surface area contributed by atoms with Crippen molar-refractivity contribution >= 4 is 17.4 Å². The van der Waals surface area contributed by atoms with E-state index in [1.807, 2.05) is 0 Å². The molecule has 1 aliphatic rings. The minimum Gasteiger partial charge on any atom is -0.368 e. The molecule has 2 heterocycles. The van der Waals surface area contributed by atoms with Crippen LogP contribution in [0.5, 0.6) is 0 Å². The Kier molecular flexibility index (Phi) is 6.63. The lowest BCUT2D eigenvalue weighted by atomic mass is 10.2. The summed E-state index contributed by atoms with van der Waals surface area (Å²) in [7, 11) is 0. The van der Waals surface area contributed by atoms with Crippen molar-refractivity contribution in [3.05, 3.63) is 47.9 Å². The third-order valence-corrected chi connectivity index (χ3v) is 4.91. The van der Waals surface area contributed by atoms with E-state index in [-0.39, 0.29) is 5.91 Å². The molecule has 0 saturated carbocycles. The fraction of sp³-hybridized carbons (Fsp3) is 0.476. The van der Waals surface area contributed by atoms with Gasteiger partial charge in [-0.3, -0.25) is 4.79 Å². The van der Waals surface area contributed by atoms with Gasteiger partial charge in [0.1, 0.15) is 11.5 Å². The first-order valence-corrected chi connectivity index (χ1v) is 9.84. The van der Waals surface area contributed by atoms with Gasteiger partial charge in [-0.05, 0) is 31.0 Å². The molecule has 0 aliphatic carbocycles. The average molecular weight is 367 g/mol. The maximum Gasteiger partial charge on any atom is 0.271 e. The van der Waals surface area contributed by atoms with Gasteiger partial charge in [0.25, 0.3) is 5.91 Å². The van der Waals surface area contributed by atoms with E-state index in [1.54, 1.807) is 12.4 Å². The van der Waals surface area contributed by atoms with Gasteiger partial charge in [-0.15, -0.1) is 0 Å². The Morgan fingerprint density at radius 2 is 1.85 bits per heavy atom. The van der Waals surface area contributed by atoms with Crippen molar-refractivity contribution in [2.45, 2.75) is 33.1 Å². The lowest BCUT2D eigenvalue weighted by Gasteiger charge is -2.36. The highest BCUT2D eigenvalue weighted by atomic mass is 16.1. The topological polar surface area (TPSA) is 61.4 Å². The standard InChI is InChI=1S/C21H29N5O/c1-3-4-5-9-22-21(27)19-15-24-20(16-23-19)26-12-10-25(11-13-26)18-8-6-7-17(2)14-18/h6-8,14-16H,3-5,9-13H2,1-2H3,(H,22,27). The van der Waals surface area contributed by atoms with Gasteiger partial charge in [0.2, 0.25) is 0 Å². The van der Waals surface area contributed by atoms with Crippen molar-refractivity contribution in [3.8, 4) is 0 Å². The molecule has 6 heteroatoms. The number of anilines is 2. The Hall–Kier alpha value is -2.63. The van der Waals surface area contributed by atoms with Crippen LogP contribution in [0.1, 0.15) is 42.2 Å². The molecule has 0 spiro atoms. The van der Waals surface area contributed by atoms with Crippen LogP contribution < -0.4 is 15.1 Å². The third kappa shape index (κ3) is 5.18. The molecule has 1 N–H and O–H groups in total. The van der Waals surface area contributed by atoms with Crippen molar-refractivity contribution in [1.29, 1.82) is 0 Å². The molecule has 1 aromatic carbocycles. The molecule has 1 saturated heterocycles. The number of rotatable bonds is 7. The second-order valence-electron chi connectivity index (χ2n) is 7.04. The highest BCUT2D eigenvalue weighted by molar-refractivity contribution is 5.91. The van der Waals surface area contributed by atoms with Gasteiger partial charge < -0.3 is 15.1 Å². The molecular weight excluding hydrogens is 338 g/mol. The summed E-state index contributed by atoms with van der Waals surface area (Å²) in [6, 6.07) is 8.62. The molecule has 1 aromatic heterocycles. The van der Waals surface area contributed by atoms with Crippen LogP contribution in [0.3, 0.4) is 0 Å². The zero-order chi connectivity index (χ0) is 19.1. The number of carbonyl (C=O) groups is 1. The maximum atomic E-state index is 12.1. The second kappa shape index (κ2) is 9.35. The third-order valence-electron chi connectivity index (χ3n) is 4.91. The van der Waals surface area contributed by atoms with E-state index in [0.717, 1.165) is 51.3 Å². The number of aryl methyl sites for hydroxylation is 1. The van der Waals surface area contributed by atoms with Crippen LogP contribution >= 0.6 is 0 Å². The molecule has 6 nitrogen and oxygen atoms in total. The highest BCUT2D eigenvalue weighted by Crippen LogP contribution is 2.19. The van der Waals surface area contributed by atoms with E-state index < -0.39 is 0 Å². The number of hydrogen-bond donors (Lipinski definition) is 1. The van der Waals surface area contributed by atoms with Crippen molar-refractivity contribution in [2.75, 3.05) is 42.5 Å². The summed E-state index contributed by atoms with van der Waals surface area (Å²) in [5.41, 5.74) is 2.94. The van der Waals surface area contributed by atoms with E-state index in [1.165, 1.54) is 11.3 Å². The van der Waals surface area contributed by atoms with E-state index >= 15 is 0 Å².